The van der Waals surface area contributed by atoms with E-state index in [-0.39, 0.29) is 54.2 Å². The van der Waals surface area contributed by atoms with Crippen LogP contribution in [0.2, 0.25) is 0 Å². The molecule has 10 rings (SSSR count). The van der Waals surface area contributed by atoms with Crippen molar-refractivity contribution in [3.05, 3.63) is 47.6 Å². The molecule has 0 saturated heterocycles. The first-order chi connectivity index (χ1) is 37.4. The molecule has 0 aliphatic heterocycles. The molecule has 9 saturated carbocycles. The van der Waals surface area contributed by atoms with E-state index in [2.05, 4.69) is 100 Å². The minimum Gasteiger partial charge on any atom is -0.462 e. The molecule has 0 N–H and O–H groups in total. The van der Waals surface area contributed by atoms with Crippen LogP contribution in [0, 0.1) is 80.3 Å². The molecule has 446 valence electrons. The van der Waals surface area contributed by atoms with Gasteiger partial charge in [-0.15, -0.1) is 6.58 Å². The van der Waals surface area contributed by atoms with E-state index in [4.69, 9.17) is 18.9 Å². The summed E-state index contributed by atoms with van der Waals surface area (Å²) in [4.78, 5) is 55.5. The van der Waals surface area contributed by atoms with Crippen molar-refractivity contribution in [3.63, 3.8) is 0 Å². The third-order valence-electron chi connectivity index (χ3n) is 23.8. The number of rotatable bonds is 8. The smallest absolute Gasteiger partial charge is 0.302 e. The van der Waals surface area contributed by atoms with Gasteiger partial charge in [0.05, 0.1) is 0 Å². The molecule has 10 aliphatic carbocycles. The van der Waals surface area contributed by atoms with Crippen molar-refractivity contribution in [1.82, 2.24) is 0 Å². The van der Waals surface area contributed by atoms with Gasteiger partial charge in [0.15, 0.2) is 0 Å². The van der Waals surface area contributed by atoms with Crippen LogP contribution in [0.5, 0.6) is 0 Å². The van der Waals surface area contributed by atoms with Crippen LogP contribution in [0.15, 0.2) is 47.6 Å². The molecule has 10 aliphatic rings. The third-order valence-corrected chi connectivity index (χ3v) is 23.8. The Labute approximate surface area is 480 Å². The van der Waals surface area contributed by atoms with Crippen molar-refractivity contribution >= 4 is 30.2 Å². The topological polar surface area (TPSA) is 122 Å². The fraction of sp³-hybridized carbons (Fsp3) is 0.814. The van der Waals surface area contributed by atoms with E-state index in [0.717, 1.165) is 50.4 Å². The molecule has 0 radical (unpaired) electrons. The maximum atomic E-state index is 11.1. The van der Waals surface area contributed by atoms with Gasteiger partial charge in [0.1, 0.15) is 30.7 Å². The van der Waals surface area contributed by atoms with Gasteiger partial charge in [-0.2, -0.15) is 0 Å². The summed E-state index contributed by atoms with van der Waals surface area (Å²) in [6, 6.07) is 0. The first-order valence-corrected chi connectivity index (χ1v) is 32.2. The van der Waals surface area contributed by atoms with Crippen LogP contribution in [-0.4, -0.2) is 54.6 Å². The average Bonchev–Trinajstić information content (AvgIpc) is 4.37. The summed E-state index contributed by atoms with van der Waals surface area (Å²) < 4.78 is 22.0. The highest BCUT2D eigenvalue weighted by Crippen LogP contribution is 2.61. The highest BCUT2D eigenvalue weighted by Gasteiger charge is 2.54. The molecule has 9 fully saturated rings. The lowest BCUT2D eigenvalue weighted by atomic mass is 9.60. The summed E-state index contributed by atoms with van der Waals surface area (Å²) in [7, 11) is 0. The van der Waals surface area contributed by atoms with Crippen LogP contribution in [0.1, 0.15) is 257 Å². The molecule has 18 atom stereocenters. The summed E-state index contributed by atoms with van der Waals surface area (Å²) in [6.45, 7) is 33.0. The van der Waals surface area contributed by atoms with Crippen molar-refractivity contribution in [3.8, 4) is 0 Å². The zero-order chi connectivity index (χ0) is 58.1. The molecule has 0 aromatic rings. The number of ether oxygens (including phenoxy) is 4. The van der Waals surface area contributed by atoms with Gasteiger partial charge in [0, 0.05) is 57.3 Å². The van der Waals surface area contributed by atoms with Crippen LogP contribution >= 0.6 is 0 Å². The van der Waals surface area contributed by atoms with Gasteiger partial charge in [-0.3, -0.25) is 19.2 Å². The summed E-state index contributed by atoms with van der Waals surface area (Å²) in [5.41, 5.74) is 6.42. The van der Waals surface area contributed by atoms with Crippen LogP contribution in [0.25, 0.3) is 0 Å². The highest BCUT2D eigenvalue weighted by molar-refractivity contribution is 5.67. The molecule has 0 spiro atoms. The van der Waals surface area contributed by atoms with Crippen LogP contribution in [0.4, 0.5) is 0 Å². The zero-order valence-electron chi connectivity index (χ0n) is 52.5. The van der Waals surface area contributed by atoms with Gasteiger partial charge in [-0.1, -0.05) is 109 Å². The molecule has 9 heteroatoms. The number of fused-ring (bicyclic) bond motifs is 5. The normalized spacial score (nSPS) is 41.8. The number of hydrogen-bond donors (Lipinski definition) is 0. The molecule has 0 amide bonds. The Bertz CT molecular complexity index is 2140. The third kappa shape index (κ3) is 14.1. The van der Waals surface area contributed by atoms with E-state index in [1.54, 1.807) is 16.7 Å². The minimum absolute atomic E-state index is 0.122. The molecule has 0 aromatic carbocycles. The number of aldehydes is 1. The maximum absolute atomic E-state index is 11.1. The highest BCUT2D eigenvalue weighted by atomic mass is 16.6. The molecule has 0 heterocycles. The van der Waals surface area contributed by atoms with E-state index >= 15 is 0 Å². The molecule has 0 bridgehead atoms. The van der Waals surface area contributed by atoms with Gasteiger partial charge in [-0.05, 0) is 212 Å². The van der Waals surface area contributed by atoms with E-state index < -0.39 is 0 Å². The Kier molecular flexibility index (Phi) is 22.7. The van der Waals surface area contributed by atoms with Crippen molar-refractivity contribution in [2.75, 3.05) is 0 Å². The zero-order valence-corrected chi connectivity index (χ0v) is 52.5. The maximum Gasteiger partial charge on any atom is 0.302 e. The Morgan fingerprint density at radius 1 is 0.557 bits per heavy atom. The van der Waals surface area contributed by atoms with Crippen molar-refractivity contribution in [2.24, 2.45) is 80.3 Å². The predicted molar refractivity (Wildman–Crippen MR) is 318 cm³/mol. The molecule has 0 aromatic heterocycles. The molecular formula is C70H112O9. The van der Waals surface area contributed by atoms with Crippen LogP contribution < -0.4 is 0 Å². The van der Waals surface area contributed by atoms with E-state index in [0.29, 0.717) is 62.6 Å². The van der Waals surface area contributed by atoms with Crippen molar-refractivity contribution in [2.45, 2.75) is 282 Å². The Morgan fingerprint density at radius 2 is 0.975 bits per heavy atom. The van der Waals surface area contributed by atoms with Crippen LogP contribution in [0.3, 0.4) is 0 Å². The summed E-state index contributed by atoms with van der Waals surface area (Å²) in [5, 5.41) is 0. The molecule has 6 unspecified atom stereocenters. The van der Waals surface area contributed by atoms with Crippen molar-refractivity contribution < 1.29 is 42.9 Å². The Hall–Kier alpha value is -3.49. The molecule has 79 heavy (non-hydrogen) atoms. The minimum atomic E-state index is -0.128. The van der Waals surface area contributed by atoms with Gasteiger partial charge >= 0.3 is 23.9 Å². The van der Waals surface area contributed by atoms with Crippen molar-refractivity contribution in [1.29, 1.82) is 0 Å². The number of allylic oxidation sites excluding steroid dienone is 7. The average molecular weight is 1100 g/mol. The second-order valence-corrected chi connectivity index (χ2v) is 27.9. The summed E-state index contributed by atoms with van der Waals surface area (Å²) >= 11 is 0. The van der Waals surface area contributed by atoms with E-state index in [9.17, 15) is 24.0 Å². The fourth-order valence-corrected chi connectivity index (χ4v) is 19.7. The summed E-state index contributed by atoms with van der Waals surface area (Å²) in [6.07, 6.45) is 41.0. The molecule has 9 nitrogen and oxygen atoms in total. The number of esters is 4. The Balaban J connectivity index is 0.000000160. The van der Waals surface area contributed by atoms with E-state index in [1.165, 1.54) is 156 Å². The SMILES string of the molecule is C/C=C1/CCC2[C@@H](OC(C)=O)CCC[C@]12C.C/C=C1\CCC2[C@@H](OC(C)=O)CCC[C@]12C.C=CC1CCC2[C@@H](OC(C)=O)CCC[C@]12C.CCC1=CCC2[C@@H](OC(C)=O)CCC[C@]12C.C[C@H](C=O)[C@H]1CCC2[C@@H](C)CCC[C@@]21C. The van der Waals surface area contributed by atoms with Gasteiger partial charge in [-0.25, -0.2) is 0 Å². The lowest BCUT2D eigenvalue weighted by Crippen LogP contribution is -2.41. The quantitative estimate of drug-likeness (QED) is 0.101. The first kappa shape index (κ1) is 64.7. The first-order valence-electron chi connectivity index (χ1n) is 32.2. The van der Waals surface area contributed by atoms with E-state index in [1.807, 2.05) is 0 Å². The number of carbonyl (C=O) groups excluding carboxylic acids is 5. The largest absolute Gasteiger partial charge is 0.462 e. The monoisotopic (exact) mass is 1100 g/mol. The standard InChI is InChI=1S/4C14H22O2.C14H24O/c4*1-4-11-7-8-12-13(16-10(2)15)6-5-9-14(11,12)3;1-10-5-4-8-14(3)12(10)6-7-13(14)11(2)9-15/h7,12-13H,4-6,8-9H2,1-3H3;2*4,12-13H,5-9H2,1-3H3;4,11-13H,1,5-9H2,2-3H3;9-13H,4-8H2,1-3H3/b;11-4+;11-4-;;/t3*12?,13-,14+;11?,12?,13-,14+;10-,11+,12?,13+,14-/m00000/s1. The fourth-order valence-electron chi connectivity index (χ4n) is 19.7. The van der Waals surface area contributed by atoms with Gasteiger partial charge < -0.3 is 23.7 Å². The number of carbonyl (C=O) groups is 5. The molecular weight excluding hydrogens is 985 g/mol. The van der Waals surface area contributed by atoms with Gasteiger partial charge in [0.2, 0.25) is 0 Å². The second-order valence-electron chi connectivity index (χ2n) is 27.9. The van der Waals surface area contributed by atoms with Crippen LogP contribution in [-0.2, 0) is 42.9 Å². The number of hydrogen-bond acceptors (Lipinski definition) is 9. The lowest BCUT2D eigenvalue weighted by Gasteiger charge is -2.45. The second kappa shape index (κ2) is 27.7. The summed E-state index contributed by atoms with van der Waals surface area (Å²) in [5.74, 6) is 4.98. The lowest BCUT2D eigenvalue weighted by molar-refractivity contribution is -0.155. The van der Waals surface area contributed by atoms with Gasteiger partial charge in [0.25, 0.3) is 0 Å². The Morgan fingerprint density at radius 3 is 1.42 bits per heavy atom. The predicted octanol–water partition coefficient (Wildman–Crippen LogP) is 17.4.